The zero-order chi connectivity index (χ0) is 14.6. The summed E-state index contributed by atoms with van der Waals surface area (Å²) >= 11 is 3.61. The maximum atomic E-state index is 4.89. The van der Waals surface area contributed by atoms with Crippen molar-refractivity contribution in [1.82, 2.24) is 19.6 Å². The summed E-state index contributed by atoms with van der Waals surface area (Å²) in [6, 6.07) is 0. The van der Waals surface area contributed by atoms with Gasteiger partial charge in [0, 0.05) is 10.1 Å². The maximum Gasteiger partial charge on any atom is 0.192 e. The van der Waals surface area contributed by atoms with E-state index in [1.54, 1.807) is 18.1 Å². The van der Waals surface area contributed by atoms with Crippen LogP contribution in [-0.4, -0.2) is 24.8 Å². The Bertz CT molecular complexity index is 818. The average Bonchev–Trinajstić information content (AvgIpc) is 3.01. The van der Waals surface area contributed by atoms with Crippen molar-refractivity contribution < 1.29 is 0 Å². The lowest BCUT2D eigenvalue weighted by Crippen LogP contribution is -2.09. The minimum Gasteiger partial charge on any atom is -0.214 e. The molecule has 0 saturated heterocycles. The van der Waals surface area contributed by atoms with Crippen LogP contribution in [0.4, 0.5) is 0 Å². The van der Waals surface area contributed by atoms with E-state index in [1.165, 1.54) is 28.7 Å². The molecule has 0 aromatic carbocycles. The topological polar surface area (TPSA) is 43.1 Å². The lowest BCUT2D eigenvalue weighted by Gasteiger charge is -2.17. The van der Waals surface area contributed by atoms with E-state index in [4.69, 9.17) is 4.98 Å². The van der Waals surface area contributed by atoms with Crippen LogP contribution in [0.2, 0.25) is 0 Å². The van der Waals surface area contributed by atoms with E-state index in [-0.39, 0.29) is 0 Å². The van der Waals surface area contributed by atoms with Gasteiger partial charge in [0.1, 0.15) is 11.2 Å². The van der Waals surface area contributed by atoms with Crippen molar-refractivity contribution in [2.24, 2.45) is 5.92 Å². The largest absolute Gasteiger partial charge is 0.214 e. The highest BCUT2D eigenvalue weighted by molar-refractivity contribution is 7.99. The molecule has 0 amide bonds. The first-order chi connectivity index (χ1) is 10.1. The zero-order valence-corrected chi connectivity index (χ0v) is 14.1. The summed E-state index contributed by atoms with van der Waals surface area (Å²) in [6.07, 6.45) is 5.27. The number of aryl methyl sites for hydroxylation is 1. The minimum absolute atomic E-state index is 0.483. The van der Waals surface area contributed by atoms with Gasteiger partial charge in [0.05, 0.1) is 5.39 Å². The highest BCUT2D eigenvalue weighted by Gasteiger charge is 2.24. The van der Waals surface area contributed by atoms with Gasteiger partial charge in [0.15, 0.2) is 10.8 Å². The van der Waals surface area contributed by atoms with Crippen LogP contribution in [-0.2, 0) is 12.8 Å². The van der Waals surface area contributed by atoms with Crippen LogP contribution < -0.4 is 0 Å². The third-order valence-electron chi connectivity index (χ3n) is 3.98. The smallest absolute Gasteiger partial charge is 0.192 e. The molecular formula is C15H18N4S2. The molecule has 0 spiro atoms. The van der Waals surface area contributed by atoms with Crippen molar-refractivity contribution in [3.8, 4) is 0 Å². The average molecular weight is 318 g/mol. The summed E-state index contributed by atoms with van der Waals surface area (Å²) in [5.41, 5.74) is 2.45. The first kappa shape index (κ1) is 13.5. The van der Waals surface area contributed by atoms with Gasteiger partial charge in [-0.25, -0.2) is 9.97 Å². The number of thiophene rings is 1. The second-order valence-corrected chi connectivity index (χ2v) is 8.72. The van der Waals surface area contributed by atoms with Gasteiger partial charge in [0.25, 0.3) is 0 Å². The summed E-state index contributed by atoms with van der Waals surface area (Å²) in [4.78, 5) is 12.1. The van der Waals surface area contributed by atoms with Crippen LogP contribution in [0.1, 0.15) is 37.6 Å². The standard InChI is InChI=1S/C15H18N4S2/c1-8(2)20-15-18-14-12(13-16-7-17-19(13)15)10-6-9(3)4-5-11(10)21-14/h7-9H,4-6H2,1-3H3/t9-/m0/s1. The molecule has 110 valence electrons. The SMILES string of the molecule is CC(C)Sc1nc2sc3c(c2c2ncnn12)C[C@@H](C)CC3. The van der Waals surface area contributed by atoms with Crippen LogP contribution >= 0.6 is 23.1 Å². The van der Waals surface area contributed by atoms with Gasteiger partial charge in [0.2, 0.25) is 0 Å². The first-order valence-corrected chi connectivity index (χ1v) is 9.13. The molecule has 3 heterocycles. The fourth-order valence-corrected chi connectivity index (χ4v) is 5.09. The van der Waals surface area contributed by atoms with Crippen molar-refractivity contribution >= 4 is 39.0 Å². The van der Waals surface area contributed by atoms with Crippen LogP contribution in [0.15, 0.2) is 11.5 Å². The molecule has 3 aromatic rings. The Labute approximate surface area is 132 Å². The van der Waals surface area contributed by atoms with E-state index in [0.29, 0.717) is 5.25 Å². The monoisotopic (exact) mass is 318 g/mol. The van der Waals surface area contributed by atoms with E-state index in [9.17, 15) is 0 Å². The molecular weight excluding hydrogens is 300 g/mol. The number of aromatic nitrogens is 4. The van der Waals surface area contributed by atoms with Crippen molar-refractivity contribution in [3.63, 3.8) is 0 Å². The lowest BCUT2D eigenvalue weighted by atomic mass is 9.89. The molecule has 0 fully saturated rings. The predicted molar refractivity (Wildman–Crippen MR) is 88.3 cm³/mol. The van der Waals surface area contributed by atoms with Gasteiger partial charge in [-0.3, -0.25) is 0 Å². The van der Waals surface area contributed by atoms with E-state index in [0.717, 1.165) is 28.0 Å². The third-order valence-corrected chi connectivity index (χ3v) is 6.11. The molecule has 4 nitrogen and oxygen atoms in total. The number of fused-ring (bicyclic) bond motifs is 5. The molecule has 3 aromatic heterocycles. The van der Waals surface area contributed by atoms with Crippen LogP contribution in [0.3, 0.4) is 0 Å². The molecule has 0 saturated carbocycles. The third kappa shape index (κ3) is 2.16. The molecule has 0 N–H and O–H groups in total. The summed E-state index contributed by atoms with van der Waals surface area (Å²) in [5, 5.41) is 7.08. The Kier molecular flexibility index (Phi) is 3.19. The van der Waals surface area contributed by atoms with E-state index in [1.807, 2.05) is 15.9 Å². The highest BCUT2D eigenvalue weighted by atomic mass is 32.2. The molecule has 4 rings (SSSR count). The van der Waals surface area contributed by atoms with Gasteiger partial charge >= 0.3 is 0 Å². The summed E-state index contributed by atoms with van der Waals surface area (Å²) < 4.78 is 1.92. The van der Waals surface area contributed by atoms with Crippen molar-refractivity contribution in [2.75, 3.05) is 0 Å². The minimum atomic E-state index is 0.483. The first-order valence-electron chi connectivity index (χ1n) is 7.44. The van der Waals surface area contributed by atoms with Crippen molar-refractivity contribution in [2.45, 2.75) is 50.4 Å². The van der Waals surface area contributed by atoms with Gasteiger partial charge in [-0.2, -0.15) is 9.61 Å². The summed E-state index contributed by atoms with van der Waals surface area (Å²) in [5.74, 6) is 0.753. The quantitative estimate of drug-likeness (QED) is 0.530. The Balaban J connectivity index is 2.01. The highest BCUT2D eigenvalue weighted by Crippen LogP contribution is 2.39. The second kappa shape index (κ2) is 4.95. The zero-order valence-electron chi connectivity index (χ0n) is 12.5. The molecule has 1 aliphatic carbocycles. The van der Waals surface area contributed by atoms with E-state index in [2.05, 4.69) is 30.9 Å². The molecule has 1 aliphatic rings. The Morgan fingerprint density at radius 3 is 3.10 bits per heavy atom. The second-order valence-electron chi connectivity index (χ2n) is 6.09. The van der Waals surface area contributed by atoms with Crippen molar-refractivity contribution in [3.05, 3.63) is 16.8 Å². The molecule has 6 heteroatoms. The summed E-state index contributed by atoms with van der Waals surface area (Å²) in [7, 11) is 0. The Morgan fingerprint density at radius 2 is 2.29 bits per heavy atom. The number of rotatable bonds is 2. The van der Waals surface area contributed by atoms with Crippen LogP contribution in [0.5, 0.6) is 0 Å². The molecule has 1 atom stereocenters. The van der Waals surface area contributed by atoms with Gasteiger partial charge in [-0.05, 0) is 30.7 Å². The van der Waals surface area contributed by atoms with Gasteiger partial charge in [-0.15, -0.1) is 11.3 Å². The Hall–Kier alpha value is -1.14. The molecule has 0 unspecified atom stereocenters. The normalized spacial score (nSPS) is 18.8. The van der Waals surface area contributed by atoms with Gasteiger partial charge < -0.3 is 0 Å². The van der Waals surface area contributed by atoms with Gasteiger partial charge in [-0.1, -0.05) is 32.5 Å². The Morgan fingerprint density at radius 1 is 1.43 bits per heavy atom. The van der Waals surface area contributed by atoms with Crippen molar-refractivity contribution in [1.29, 1.82) is 0 Å². The van der Waals surface area contributed by atoms with E-state index < -0.39 is 0 Å². The fraction of sp³-hybridized carbons (Fsp3) is 0.533. The predicted octanol–water partition coefficient (Wildman–Crippen LogP) is 3.96. The molecule has 0 bridgehead atoms. The van der Waals surface area contributed by atoms with Crippen LogP contribution in [0, 0.1) is 5.92 Å². The van der Waals surface area contributed by atoms with Crippen LogP contribution in [0.25, 0.3) is 15.9 Å². The van der Waals surface area contributed by atoms with E-state index >= 15 is 0 Å². The number of hydrogen-bond acceptors (Lipinski definition) is 5. The maximum absolute atomic E-state index is 4.89. The lowest BCUT2D eigenvalue weighted by molar-refractivity contribution is 0.508. The number of hydrogen-bond donors (Lipinski definition) is 0. The fourth-order valence-electron chi connectivity index (χ4n) is 3.03. The number of thioether (sulfide) groups is 1. The number of nitrogens with zero attached hydrogens (tertiary/aromatic N) is 4. The molecule has 21 heavy (non-hydrogen) atoms. The molecule has 0 radical (unpaired) electrons. The molecule has 0 aliphatic heterocycles. The summed E-state index contributed by atoms with van der Waals surface area (Å²) in [6.45, 7) is 6.70.